The van der Waals surface area contributed by atoms with Crippen molar-refractivity contribution in [2.45, 2.75) is 64.1 Å². The van der Waals surface area contributed by atoms with E-state index in [1.54, 1.807) is 0 Å². The third-order valence-electron chi connectivity index (χ3n) is 4.40. The Kier molecular flexibility index (Phi) is 3.97. The monoisotopic (exact) mass is 254 g/mol. The molecule has 0 spiro atoms. The van der Waals surface area contributed by atoms with Crippen molar-refractivity contribution in [1.29, 1.82) is 0 Å². The van der Waals surface area contributed by atoms with E-state index < -0.39 is 5.97 Å². The SMILES string of the molecule is CC(C)(C)N(CCC(=O)O)C1CCN2CCCC12. The molecule has 0 bridgehead atoms. The van der Waals surface area contributed by atoms with Gasteiger partial charge in [0, 0.05) is 30.7 Å². The van der Waals surface area contributed by atoms with Crippen molar-refractivity contribution >= 4 is 5.97 Å². The van der Waals surface area contributed by atoms with Crippen molar-refractivity contribution in [3.05, 3.63) is 0 Å². The van der Waals surface area contributed by atoms with E-state index in [0.29, 0.717) is 18.6 Å². The minimum Gasteiger partial charge on any atom is -0.481 e. The Morgan fingerprint density at radius 2 is 2.06 bits per heavy atom. The number of hydrogen-bond donors (Lipinski definition) is 1. The largest absolute Gasteiger partial charge is 0.481 e. The number of hydrogen-bond acceptors (Lipinski definition) is 3. The molecule has 2 unspecified atom stereocenters. The molecule has 2 aliphatic heterocycles. The van der Waals surface area contributed by atoms with Gasteiger partial charge in [0.1, 0.15) is 0 Å². The van der Waals surface area contributed by atoms with Gasteiger partial charge in [0.15, 0.2) is 0 Å². The van der Waals surface area contributed by atoms with Gasteiger partial charge < -0.3 is 5.11 Å². The fourth-order valence-electron chi connectivity index (χ4n) is 3.63. The number of fused-ring (bicyclic) bond motifs is 1. The molecule has 2 saturated heterocycles. The Bertz CT molecular complexity index is 311. The molecule has 2 fully saturated rings. The number of carboxylic acid groups (broad SMARTS) is 1. The van der Waals surface area contributed by atoms with E-state index in [2.05, 4.69) is 30.6 Å². The summed E-state index contributed by atoms with van der Waals surface area (Å²) in [6.45, 7) is 9.70. The second-order valence-corrected chi connectivity index (χ2v) is 6.61. The molecule has 2 aliphatic rings. The van der Waals surface area contributed by atoms with Crippen LogP contribution < -0.4 is 0 Å². The lowest BCUT2D eigenvalue weighted by Gasteiger charge is -2.42. The second kappa shape index (κ2) is 5.17. The molecule has 2 atom stereocenters. The molecular formula is C14H26N2O2. The zero-order chi connectivity index (χ0) is 13.3. The normalized spacial score (nSPS) is 28.9. The first-order valence-electron chi connectivity index (χ1n) is 7.12. The average Bonchev–Trinajstić information content (AvgIpc) is 2.79. The minimum atomic E-state index is -0.689. The number of carbonyl (C=O) groups is 1. The average molecular weight is 254 g/mol. The lowest BCUT2D eigenvalue weighted by Crippen LogP contribution is -2.52. The van der Waals surface area contributed by atoms with Crippen molar-refractivity contribution in [2.75, 3.05) is 19.6 Å². The van der Waals surface area contributed by atoms with E-state index in [1.165, 1.54) is 32.4 Å². The molecule has 1 N–H and O–H groups in total. The smallest absolute Gasteiger partial charge is 0.304 e. The fraction of sp³-hybridized carbons (Fsp3) is 0.929. The maximum atomic E-state index is 10.8. The van der Waals surface area contributed by atoms with Crippen LogP contribution in [-0.2, 0) is 4.79 Å². The standard InChI is InChI=1S/C14H26N2O2/c1-14(2,3)16(10-7-13(17)18)12-6-9-15-8-4-5-11(12)15/h11-12H,4-10H2,1-3H3,(H,17,18). The summed E-state index contributed by atoms with van der Waals surface area (Å²) in [5.74, 6) is -0.689. The number of aliphatic carboxylic acids is 1. The highest BCUT2D eigenvalue weighted by Crippen LogP contribution is 2.34. The van der Waals surface area contributed by atoms with Crippen LogP contribution in [0, 0.1) is 0 Å². The van der Waals surface area contributed by atoms with Crippen LogP contribution in [0.25, 0.3) is 0 Å². The van der Waals surface area contributed by atoms with Crippen LogP contribution in [-0.4, -0.2) is 58.1 Å². The Labute approximate surface area is 110 Å². The van der Waals surface area contributed by atoms with Gasteiger partial charge in [-0.05, 0) is 46.6 Å². The van der Waals surface area contributed by atoms with Crippen molar-refractivity contribution in [3.8, 4) is 0 Å². The van der Waals surface area contributed by atoms with Crippen LogP contribution in [0.4, 0.5) is 0 Å². The number of nitrogens with zero attached hydrogens (tertiary/aromatic N) is 2. The van der Waals surface area contributed by atoms with Gasteiger partial charge in [0.25, 0.3) is 0 Å². The third kappa shape index (κ3) is 2.86. The molecule has 4 nitrogen and oxygen atoms in total. The predicted molar refractivity (Wildman–Crippen MR) is 71.7 cm³/mol. The molecule has 4 heteroatoms. The summed E-state index contributed by atoms with van der Waals surface area (Å²) in [5, 5.41) is 8.92. The van der Waals surface area contributed by atoms with E-state index >= 15 is 0 Å². The Morgan fingerprint density at radius 3 is 2.67 bits per heavy atom. The maximum absolute atomic E-state index is 10.8. The zero-order valence-corrected chi connectivity index (χ0v) is 11.9. The Balaban J connectivity index is 2.06. The zero-order valence-electron chi connectivity index (χ0n) is 11.9. The van der Waals surface area contributed by atoms with Gasteiger partial charge in [0.2, 0.25) is 0 Å². The van der Waals surface area contributed by atoms with Gasteiger partial charge in [-0.15, -0.1) is 0 Å². The molecule has 0 aromatic carbocycles. The highest BCUT2D eigenvalue weighted by atomic mass is 16.4. The molecule has 2 heterocycles. The van der Waals surface area contributed by atoms with E-state index in [4.69, 9.17) is 5.11 Å². The van der Waals surface area contributed by atoms with Crippen molar-refractivity contribution in [2.24, 2.45) is 0 Å². The van der Waals surface area contributed by atoms with Gasteiger partial charge in [-0.2, -0.15) is 0 Å². The quantitative estimate of drug-likeness (QED) is 0.831. The first-order valence-corrected chi connectivity index (χ1v) is 7.12. The van der Waals surface area contributed by atoms with E-state index in [0.717, 1.165) is 0 Å². The predicted octanol–water partition coefficient (Wildman–Crippen LogP) is 1.80. The lowest BCUT2D eigenvalue weighted by molar-refractivity contribution is -0.137. The van der Waals surface area contributed by atoms with Crippen molar-refractivity contribution in [1.82, 2.24) is 9.80 Å². The summed E-state index contributed by atoms with van der Waals surface area (Å²) in [6.07, 6.45) is 4.03. The third-order valence-corrected chi connectivity index (χ3v) is 4.40. The topological polar surface area (TPSA) is 43.8 Å². The minimum absolute atomic E-state index is 0.0543. The van der Waals surface area contributed by atoms with Gasteiger partial charge in [-0.3, -0.25) is 14.6 Å². The Morgan fingerprint density at radius 1 is 1.33 bits per heavy atom. The number of rotatable bonds is 4. The fourth-order valence-corrected chi connectivity index (χ4v) is 3.63. The van der Waals surface area contributed by atoms with E-state index in [1.807, 2.05) is 0 Å². The number of carboxylic acids is 1. The van der Waals surface area contributed by atoms with Gasteiger partial charge in [0.05, 0.1) is 6.42 Å². The van der Waals surface area contributed by atoms with Crippen LogP contribution in [0.1, 0.15) is 46.5 Å². The summed E-state index contributed by atoms with van der Waals surface area (Å²) < 4.78 is 0. The van der Waals surface area contributed by atoms with Gasteiger partial charge in [-0.25, -0.2) is 0 Å². The lowest BCUT2D eigenvalue weighted by atomic mass is 9.96. The highest BCUT2D eigenvalue weighted by Gasteiger charge is 2.42. The molecule has 0 aromatic heterocycles. The van der Waals surface area contributed by atoms with E-state index in [9.17, 15) is 4.79 Å². The molecule has 0 aliphatic carbocycles. The molecule has 0 radical (unpaired) electrons. The summed E-state index contributed by atoms with van der Waals surface area (Å²) in [5.41, 5.74) is 0.0543. The highest BCUT2D eigenvalue weighted by molar-refractivity contribution is 5.66. The summed E-state index contributed by atoms with van der Waals surface area (Å²) >= 11 is 0. The first-order chi connectivity index (χ1) is 8.39. The van der Waals surface area contributed by atoms with Crippen LogP contribution >= 0.6 is 0 Å². The van der Waals surface area contributed by atoms with Crippen LogP contribution in [0.5, 0.6) is 0 Å². The van der Waals surface area contributed by atoms with Gasteiger partial charge in [-0.1, -0.05) is 0 Å². The molecule has 2 rings (SSSR count). The maximum Gasteiger partial charge on any atom is 0.304 e. The van der Waals surface area contributed by atoms with Crippen molar-refractivity contribution < 1.29 is 9.90 Å². The van der Waals surface area contributed by atoms with E-state index in [-0.39, 0.29) is 12.0 Å². The molecule has 0 saturated carbocycles. The van der Waals surface area contributed by atoms with Gasteiger partial charge >= 0.3 is 5.97 Å². The summed E-state index contributed by atoms with van der Waals surface area (Å²) in [6, 6.07) is 1.21. The molecule has 18 heavy (non-hydrogen) atoms. The Hall–Kier alpha value is -0.610. The second-order valence-electron chi connectivity index (χ2n) is 6.61. The molecule has 0 amide bonds. The van der Waals surface area contributed by atoms with Crippen LogP contribution in [0.15, 0.2) is 0 Å². The first kappa shape index (κ1) is 13.8. The molecule has 104 valence electrons. The van der Waals surface area contributed by atoms with Crippen molar-refractivity contribution in [3.63, 3.8) is 0 Å². The summed E-state index contributed by atoms with van der Waals surface area (Å²) in [7, 11) is 0. The molecular weight excluding hydrogens is 228 g/mol. The van der Waals surface area contributed by atoms with Crippen LogP contribution in [0.3, 0.4) is 0 Å². The molecule has 0 aromatic rings. The van der Waals surface area contributed by atoms with Crippen LogP contribution in [0.2, 0.25) is 0 Å². The summed E-state index contributed by atoms with van der Waals surface area (Å²) in [4.78, 5) is 15.9.